The van der Waals surface area contributed by atoms with Gasteiger partial charge in [-0.3, -0.25) is 0 Å². The molecule has 0 amide bonds. The standard InChI is InChI=1S/C13H25N/c1-11(13-7-2-3-8-13)14-10-9-12-5-4-6-12/h11-14H,2-10H2,1H3. The molecule has 1 unspecified atom stereocenters. The van der Waals surface area contributed by atoms with E-state index >= 15 is 0 Å². The summed E-state index contributed by atoms with van der Waals surface area (Å²) in [5, 5.41) is 3.72. The van der Waals surface area contributed by atoms with Gasteiger partial charge < -0.3 is 5.32 Å². The van der Waals surface area contributed by atoms with Gasteiger partial charge in [0.1, 0.15) is 0 Å². The molecule has 2 rings (SSSR count). The van der Waals surface area contributed by atoms with Gasteiger partial charge in [0.05, 0.1) is 0 Å². The summed E-state index contributed by atoms with van der Waals surface area (Å²) in [5.41, 5.74) is 0. The van der Waals surface area contributed by atoms with Gasteiger partial charge in [0.25, 0.3) is 0 Å². The van der Waals surface area contributed by atoms with Crippen LogP contribution in [0.15, 0.2) is 0 Å². The third-order valence-electron chi connectivity index (χ3n) is 4.35. The van der Waals surface area contributed by atoms with Gasteiger partial charge in [0.2, 0.25) is 0 Å². The van der Waals surface area contributed by atoms with Gasteiger partial charge in [0, 0.05) is 6.04 Å². The van der Waals surface area contributed by atoms with Crippen molar-refractivity contribution >= 4 is 0 Å². The van der Waals surface area contributed by atoms with Crippen molar-refractivity contribution in [3.8, 4) is 0 Å². The highest BCUT2D eigenvalue weighted by molar-refractivity contribution is 4.78. The molecule has 0 heterocycles. The summed E-state index contributed by atoms with van der Waals surface area (Å²) in [6.45, 7) is 3.65. The number of nitrogens with one attached hydrogen (secondary N) is 1. The van der Waals surface area contributed by atoms with Crippen molar-refractivity contribution in [2.24, 2.45) is 11.8 Å². The first-order valence-corrected chi connectivity index (χ1v) is 6.59. The van der Waals surface area contributed by atoms with E-state index in [4.69, 9.17) is 0 Å². The van der Waals surface area contributed by atoms with Crippen molar-refractivity contribution in [2.45, 2.75) is 64.3 Å². The van der Waals surface area contributed by atoms with Crippen LogP contribution in [0.3, 0.4) is 0 Å². The summed E-state index contributed by atoms with van der Waals surface area (Å²) < 4.78 is 0. The lowest BCUT2D eigenvalue weighted by Crippen LogP contribution is -2.34. The largest absolute Gasteiger partial charge is 0.314 e. The van der Waals surface area contributed by atoms with Crippen molar-refractivity contribution in [1.29, 1.82) is 0 Å². The Balaban J connectivity index is 1.54. The number of rotatable bonds is 5. The number of hydrogen-bond acceptors (Lipinski definition) is 1. The topological polar surface area (TPSA) is 12.0 Å². The first kappa shape index (κ1) is 10.5. The van der Waals surface area contributed by atoms with Crippen LogP contribution in [0, 0.1) is 11.8 Å². The second kappa shape index (κ2) is 5.16. The van der Waals surface area contributed by atoms with E-state index in [0.29, 0.717) is 0 Å². The Labute approximate surface area is 88.7 Å². The summed E-state index contributed by atoms with van der Waals surface area (Å²) in [6, 6.07) is 0.776. The molecular weight excluding hydrogens is 170 g/mol. The van der Waals surface area contributed by atoms with E-state index < -0.39 is 0 Å². The Morgan fingerprint density at radius 2 is 1.79 bits per heavy atom. The maximum Gasteiger partial charge on any atom is 0.00669 e. The fraction of sp³-hybridized carbons (Fsp3) is 1.00. The Bertz CT molecular complexity index is 157. The molecule has 0 aromatic rings. The SMILES string of the molecule is CC(NCCC1CCC1)C1CCCC1. The van der Waals surface area contributed by atoms with Crippen LogP contribution in [0.4, 0.5) is 0 Å². The summed E-state index contributed by atoms with van der Waals surface area (Å²) in [4.78, 5) is 0. The van der Waals surface area contributed by atoms with Gasteiger partial charge >= 0.3 is 0 Å². The Kier molecular flexibility index (Phi) is 3.86. The molecule has 1 N–H and O–H groups in total. The second-order valence-corrected chi connectivity index (χ2v) is 5.37. The Morgan fingerprint density at radius 3 is 2.36 bits per heavy atom. The monoisotopic (exact) mass is 195 g/mol. The zero-order valence-electron chi connectivity index (χ0n) is 9.60. The highest BCUT2D eigenvalue weighted by Gasteiger charge is 2.22. The quantitative estimate of drug-likeness (QED) is 0.709. The van der Waals surface area contributed by atoms with Crippen molar-refractivity contribution in [3.63, 3.8) is 0 Å². The summed E-state index contributed by atoms with van der Waals surface area (Å²) >= 11 is 0. The molecule has 0 aromatic heterocycles. The molecule has 2 saturated carbocycles. The summed E-state index contributed by atoms with van der Waals surface area (Å²) in [6.07, 6.45) is 11.8. The van der Waals surface area contributed by atoms with Crippen LogP contribution in [0.1, 0.15) is 58.3 Å². The van der Waals surface area contributed by atoms with Crippen LogP contribution in [-0.4, -0.2) is 12.6 Å². The smallest absolute Gasteiger partial charge is 0.00669 e. The van der Waals surface area contributed by atoms with Crippen molar-refractivity contribution in [3.05, 3.63) is 0 Å². The third kappa shape index (κ3) is 2.73. The highest BCUT2D eigenvalue weighted by Crippen LogP contribution is 2.30. The molecule has 0 aliphatic heterocycles. The first-order valence-electron chi connectivity index (χ1n) is 6.59. The number of hydrogen-bond donors (Lipinski definition) is 1. The molecule has 0 radical (unpaired) electrons. The lowest BCUT2D eigenvalue weighted by Gasteiger charge is -2.27. The fourth-order valence-electron chi connectivity index (χ4n) is 2.92. The minimum atomic E-state index is 0.776. The highest BCUT2D eigenvalue weighted by atomic mass is 14.9. The zero-order valence-corrected chi connectivity index (χ0v) is 9.60. The van der Waals surface area contributed by atoms with Gasteiger partial charge in [-0.2, -0.15) is 0 Å². The van der Waals surface area contributed by atoms with Gasteiger partial charge in [-0.1, -0.05) is 32.1 Å². The molecule has 1 atom stereocenters. The van der Waals surface area contributed by atoms with Crippen LogP contribution in [0.25, 0.3) is 0 Å². The van der Waals surface area contributed by atoms with Gasteiger partial charge in [-0.25, -0.2) is 0 Å². The van der Waals surface area contributed by atoms with Crippen LogP contribution in [0.2, 0.25) is 0 Å². The maximum absolute atomic E-state index is 3.72. The average Bonchev–Trinajstić information content (AvgIpc) is 2.61. The van der Waals surface area contributed by atoms with Crippen LogP contribution in [0.5, 0.6) is 0 Å². The minimum absolute atomic E-state index is 0.776. The molecule has 2 aliphatic rings. The minimum Gasteiger partial charge on any atom is -0.314 e. The molecule has 1 nitrogen and oxygen atoms in total. The molecule has 0 saturated heterocycles. The molecule has 0 bridgehead atoms. The van der Waals surface area contributed by atoms with E-state index in [1.54, 1.807) is 0 Å². The van der Waals surface area contributed by atoms with Crippen LogP contribution < -0.4 is 5.32 Å². The Morgan fingerprint density at radius 1 is 1.07 bits per heavy atom. The van der Waals surface area contributed by atoms with Gasteiger partial charge in [-0.15, -0.1) is 0 Å². The lowest BCUT2D eigenvalue weighted by molar-refractivity contribution is 0.279. The average molecular weight is 195 g/mol. The zero-order chi connectivity index (χ0) is 9.80. The van der Waals surface area contributed by atoms with Crippen LogP contribution in [-0.2, 0) is 0 Å². The molecule has 0 spiro atoms. The molecule has 14 heavy (non-hydrogen) atoms. The van der Waals surface area contributed by atoms with Gasteiger partial charge in [-0.05, 0) is 44.6 Å². The first-order chi connectivity index (χ1) is 6.86. The van der Waals surface area contributed by atoms with E-state index in [2.05, 4.69) is 12.2 Å². The molecule has 0 aromatic carbocycles. The molecule has 2 fully saturated rings. The van der Waals surface area contributed by atoms with Crippen molar-refractivity contribution in [1.82, 2.24) is 5.32 Å². The predicted octanol–water partition coefficient (Wildman–Crippen LogP) is 3.34. The predicted molar refractivity (Wildman–Crippen MR) is 61.4 cm³/mol. The van der Waals surface area contributed by atoms with E-state index in [0.717, 1.165) is 17.9 Å². The van der Waals surface area contributed by atoms with Crippen molar-refractivity contribution < 1.29 is 0 Å². The third-order valence-corrected chi connectivity index (χ3v) is 4.35. The molecule has 2 aliphatic carbocycles. The van der Waals surface area contributed by atoms with E-state index in [1.165, 1.54) is 57.9 Å². The van der Waals surface area contributed by atoms with Crippen molar-refractivity contribution in [2.75, 3.05) is 6.54 Å². The summed E-state index contributed by atoms with van der Waals surface area (Å²) in [7, 11) is 0. The summed E-state index contributed by atoms with van der Waals surface area (Å²) in [5.74, 6) is 2.05. The Hall–Kier alpha value is -0.0400. The molecule has 1 heteroatoms. The van der Waals surface area contributed by atoms with E-state index in [9.17, 15) is 0 Å². The lowest BCUT2D eigenvalue weighted by atomic mass is 9.83. The van der Waals surface area contributed by atoms with Crippen LogP contribution >= 0.6 is 0 Å². The van der Waals surface area contributed by atoms with E-state index in [1.807, 2.05) is 0 Å². The molecule has 82 valence electrons. The second-order valence-electron chi connectivity index (χ2n) is 5.37. The normalized spacial score (nSPS) is 26.4. The van der Waals surface area contributed by atoms with E-state index in [-0.39, 0.29) is 0 Å². The fourth-order valence-corrected chi connectivity index (χ4v) is 2.92. The maximum atomic E-state index is 3.72. The van der Waals surface area contributed by atoms with Gasteiger partial charge in [0.15, 0.2) is 0 Å². The molecular formula is C13H25N.